The number of thiazole rings is 1. The Balaban J connectivity index is 1.26. The number of nitrogens with one attached hydrogen (secondary N) is 1. The van der Waals surface area contributed by atoms with Gasteiger partial charge < -0.3 is 18.8 Å². The molecule has 2 amide bonds. The lowest BCUT2D eigenvalue weighted by Crippen LogP contribution is -2.47. The van der Waals surface area contributed by atoms with E-state index < -0.39 is 6.10 Å². The number of amides is 2. The summed E-state index contributed by atoms with van der Waals surface area (Å²) in [7, 11) is 0. The molecule has 1 N–H and O–H groups in total. The van der Waals surface area contributed by atoms with Crippen LogP contribution in [0.5, 0.6) is 11.5 Å². The normalized spacial score (nSPS) is 17.5. The van der Waals surface area contributed by atoms with Gasteiger partial charge in [-0.05, 0) is 18.2 Å². The van der Waals surface area contributed by atoms with Gasteiger partial charge in [-0.25, -0.2) is 4.98 Å². The molecule has 29 heavy (non-hydrogen) atoms. The molecular formula is C20H17N3O5S. The minimum atomic E-state index is -0.667. The van der Waals surface area contributed by atoms with E-state index in [2.05, 4.69) is 10.3 Å². The van der Waals surface area contributed by atoms with Crippen LogP contribution in [0.25, 0.3) is 0 Å². The summed E-state index contributed by atoms with van der Waals surface area (Å²) in [6.07, 6.45) is 2.79. The molecule has 0 saturated carbocycles. The van der Waals surface area contributed by atoms with Gasteiger partial charge in [-0.1, -0.05) is 23.5 Å². The lowest BCUT2D eigenvalue weighted by atomic mass is 10.1. The van der Waals surface area contributed by atoms with Gasteiger partial charge in [0.15, 0.2) is 16.6 Å². The molecule has 148 valence electrons. The fraction of sp³-hybridized carbons (Fsp3) is 0.250. The van der Waals surface area contributed by atoms with E-state index in [1.165, 1.54) is 23.9 Å². The van der Waals surface area contributed by atoms with E-state index >= 15 is 0 Å². The lowest BCUT2D eigenvalue weighted by Gasteiger charge is -2.32. The highest BCUT2D eigenvalue weighted by molar-refractivity contribution is 7.15. The summed E-state index contributed by atoms with van der Waals surface area (Å²) < 4.78 is 16.4. The second-order valence-electron chi connectivity index (χ2n) is 6.73. The standard InChI is InChI=1S/C20H17N3O5S/c24-18(12-6-8-26-10-12)22-20-21-13-5-7-23(9-17(13)29-20)19(25)16-11-27-14-3-1-2-4-15(14)28-16/h1-4,6,8,10,16H,5,7,9,11H2,(H,21,22,24). The second-order valence-corrected chi connectivity index (χ2v) is 7.81. The number of aromatic nitrogens is 1. The fourth-order valence-electron chi connectivity index (χ4n) is 3.34. The summed E-state index contributed by atoms with van der Waals surface area (Å²) in [4.78, 5) is 32.3. The number of hydrogen-bond donors (Lipinski definition) is 1. The summed E-state index contributed by atoms with van der Waals surface area (Å²) in [5, 5.41) is 3.30. The Morgan fingerprint density at radius 2 is 2.07 bits per heavy atom. The Hall–Kier alpha value is -3.33. The molecule has 0 spiro atoms. The molecule has 8 nitrogen and oxygen atoms in total. The molecular weight excluding hydrogens is 394 g/mol. The highest BCUT2D eigenvalue weighted by atomic mass is 32.1. The summed E-state index contributed by atoms with van der Waals surface area (Å²) in [6, 6.07) is 8.91. The van der Waals surface area contributed by atoms with E-state index in [0.29, 0.717) is 41.7 Å². The fourth-order valence-corrected chi connectivity index (χ4v) is 4.36. The van der Waals surface area contributed by atoms with Crippen LogP contribution in [0.2, 0.25) is 0 Å². The molecule has 1 aromatic carbocycles. The van der Waals surface area contributed by atoms with Crippen LogP contribution < -0.4 is 14.8 Å². The number of hydrogen-bond acceptors (Lipinski definition) is 7. The number of anilines is 1. The molecule has 0 fully saturated rings. The van der Waals surface area contributed by atoms with E-state index in [9.17, 15) is 9.59 Å². The van der Waals surface area contributed by atoms with E-state index in [4.69, 9.17) is 13.9 Å². The quantitative estimate of drug-likeness (QED) is 0.712. The zero-order chi connectivity index (χ0) is 19.8. The number of benzene rings is 1. The van der Waals surface area contributed by atoms with Gasteiger partial charge >= 0.3 is 0 Å². The third kappa shape index (κ3) is 3.44. The summed E-state index contributed by atoms with van der Waals surface area (Å²) in [5.74, 6) is 0.849. The predicted octanol–water partition coefficient (Wildman–Crippen LogP) is 2.71. The molecule has 2 aromatic heterocycles. The number of carbonyl (C=O) groups excluding carboxylic acids is 2. The van der Waals surface area contributed by atoms with Gasteiger partial charge in [0.05, 0.1) is 24.1 Å². The smallest absolute Gasteiger partial charge is 0.267 e. The summed E-state index contributed by atoms with van der Waals surface area (Å²) in [5.41, 5.74) is 1.34. The van der Waals surface area contributed by atoms with Crippen LogP contribution in [-0.4, -0.2) is 41.0 Å². The lowest BCUT2D eigenvalue weighted by molar-refractivity contribution is -0.142. The highest BCUT2D eigenvalue weighted by Crippen LogP contribution is 2.33. The van der Waals surface area contributed by atoms with Crippen molar-refractivity contribution in [2.75, 3.05) is 18.5 Å². The molecule has 4 heterocycles. The van der Waals surface area contributed by atoms with Crippen molar-refractivity contribution >= 4 is 28.3 Å². The first-order valence-electron chi connectivity index (χ1n) is 9.17. The van der Waals surface area contributed by atoms with Gasteiger partial charge in [0.2, 0.25) is 6.10 Å². The van der Waals surface area contributed by atoms with Crippen LogP contribution >= 0.6 is 11.3 Å². The Labute approximate surface area is 170 Å². The molecule has 1 atom stereocenters. The second kappa shape index (κ2) is 7.25. The van der Waals surface area contributed by atoms with Gasteiger partial charge in [-0.3, -0.25) is 14.9 Å². The van der Waals surface area contributed by atoms with Gasteiger partial charge in [0.1, 0.15) is 12.9 Å². The maximum Gasteiger partial charge on any atom is 0.267 e. The first-order valence-corrected chi connectivity index (χ1v) is 9.98. The largest absolute Gasteiger partial charge is 0.485 e. The van der Waals surface area contributed by atoms with Crippen molar-refractivity contribution in [2.24, 2.45) is 0 Å². The molecule has 3 aromatic rings. The van der Waals surface area contributed by atoms with Crippen molar-refractivity contribution in [1.29, 1.82) is 0 Å². The number of furan rings is 1. The Morgan fingerprint density at radius 1 is 1.21 bits per heavy atom. The van der Waals surface area contributed by atoms with Crippen LogP contribution in [0.4, 0.5) is 5.13 Å². The maximum atomic E-state index is 12.9. The Bertz CT molecular complexity index is 1060. The van der Waals surface area contributed by atoms with Crippen LogP contribution in [0, 0.1) is 0 Å². The van der Waals surface area contributed by atoms with Gasteiger partial charge in [-0.15, -0.1) is 0 Å². The third-order valence-corrected chi connectivity index (χ3v) is 5.83. The number of nitrogens with zero attached hydrogens (tertiary/aromatic N) is 2. The van der Waals surface area contributed by atoms with E-state index in [-0.39, 0.29) is 18.4 Å². The number of rotatable bonds is 3. The average Bonchev–Trinajstić information content (AvgIpc) is 3.42. The van der Waals surface area contributed by atoms with Crippen LogP contribution in [0.1, 0.15) is 20.9 Å². The predicted molar refractivity (Wildman–Crippen MR) is 104 cm³/mol. The summed E-state index contributed by atoms with van der Waals surface area (Å²) >= 11 is 1.38. The molecule has 0 radical (unpaired) electrons. The third-order valence-electron chi connectivity index (χ3n) is 4.83. The highest BCUT2D eigenvalue weighted by Gasteiger charge is 2.33. The average molecular weight is 411 g/mol. The molecule has 5 rings (SSSR count). The minimum Gasteiger partial charge on any atom is -0.485 e. The first kappa shape index (κ1) is 17.7. The molecule has 0 aliphatic carbocycles. The Kier molecular flexibility index (Phi) is 4.44. The molecule has 2 aliphatic rings. The zero-order valence-corrected chi connectivity index (χ0v) is 16.1. The molecule has 9 heteroatoms. The van der Waals surface area contributed by atoms with Crippen molar-refractivity contribution in [3.8, 4) is 11.5 Å². The minimum absolute atomic E-state index is 0.109. The van der Waals surface area contributed by atoms with E-state index in [1.807, 2.05) is 18.2 Å². The van der Waals surface area contributed by atoms with Crippen molar-refractivity contribution in [3.63, 3.8) is 0 Å². The first-order chi connectivity index (χ1) is 14.2. The van der Waals surface area contributed by atoms with E-state index in [1.54, 1.807) is 17.0 Å². The van der Waals surface area contributed by atoms with Gasteiger partial charge in [0, 0.05) is 17.8 Å². The van der Waals surface area contributed by atoms with Crippen molar-refractivity contribution in [3.05, 3.63) is 59.0 Å². The number of para-hydroxylation sites is 2. The van der Waals surface area contributed by atoms with Gasteiger partial charge in [0.25, 0.3) is 11.8 Å². The van der Waals surface area contributed by atoms with Crippen LogP contribution in [0.15, 0.2) is 47.3 Å². The molecule has 2 aliphatic heterocycles. The topological polar surface area (TPSA) is 93.9 Å². The zero-order valence-electron chi connectivity index (χ0n) is 15.3. The van der Waals surface area contributed by atoms with Gasteiger partial charge in [-0.2, -0.15) is 0 Å². The maximum absolute atomic E-state index is 12.9. The molecule has 0 saturated heterocycles. The number of carbonyl (C=O) groups is 2. The monoisotopic (exact) mass is 411 g/mol. The van der Waals surface area contributed by atoms with Crippen LogP contribution in [-0.2, 0) is 17.8 Å². The van der Waals surface area contributed by atoms with E-state index in [0.717, 1.165) is 10.6 Å². The van der Waals surface area contributed by atoms with Crippen LogP contribution in [0.3, 0.4) is 0 Å². The Morgan fingerprint density at radius 3 is 2.90 bits per heavy atom. The van der Waals surface area contributed by atoms with Crippen molar-refractivity contribution < 1.29 is 23.5 Å². The number of fused-ring (bicyclic) bond motifs is 2. The summed E-state index contributed by atoms with van der Waals surface area (Å²) in [6.45, 7) is 1.18. The van der Waals surface area contributed by atoms with Crippen molar-refractivity contribution in [2.45, 2.75) is 19.1 Å². The van der Waals surface area contributed by atoms with Crippen molar-refractivity contribution in [1.82, 2.24) is 9.88 Å². The number of ether oxygens (including phenoxy) is 2. The molecule has 0 bridgehead atoms. The molecule has 1 unspecified atom stereocenters. The SMILES string of the molecule is O=C(Nc1nc2c(s1)CN(C(=O)C1COc3ccccc3O1)CC2)c1ccoc1.